The van der Waals surface area contributed by atoms with Crippen molar-refractivity contribution >= 4 is 33.8 Å². The number of nitrogens with one attached hydrogen (secondary N) is 3. The van der Waals surface area contributed by atoms with Gasteiger partial charge in [-0.2, -0.15) is 0 Å². The molecular weight excluding hydrogens is 510 g/mol. The maximum absolute atomic E-state index is 14.2. The summed E-state index contributed by atoms with van der Waals surface area (Å²) in [5.41, 5.74) is 3.36. The molecule has 41 heavy (non-hydrogen) atoms. The van der Waals surface area contributed by atoms with Gasteiger partial charge in [-0.25, -0.2) is 4.98 Å². The Bertz CT molecular complexity index is 1690. The van der Waals surface area contributed by atoms with Crippen LogP contribution in [0.25, 0.3) is 21.9 Å². The number of carbonyl (C=O) groups excluding carboxylic acids is 2. The topological polar surface area (TPSA) is 99.8 Å². The van der Waals surface area contributed by atoms with Gasteiger partial charge in [0.05, 0.1) is 17.2 Å². The highest BCUT2D eigenvalue weighted by atomic mass is 16.2. The molecular formula is C34H35N5O2. The maximum Gasteiger partial charge on any atom is 0.272 e. The predicted octanol–water partition coefficient (Wildman–Crippen LogP) is 5.86. The van der Waals surface area contributed by atoms with Crippen molar-refractivity contribution in [1.29, 1.82) is 0 Å². The van der Waals surface area contributed by atoms with Gasteiger partial charge in [-0.3, -0.25) is 14.6 Å². The zero-order valence-electron chi connectivity index (χ0n) is 23.3. The zero-order valence-corrected chi connectivity index (χ0v) is 23.3. The second-order valence-corrected chi connectivity index (χ2v) is 11.5. The van der Waals surface area contributed by atoms with Crippen LogP contribution in [0, 0.1) is 0 Å². The van der Waals surface area contributed by atoms with Crippen LogP contribution in [0.3, 0.4) is 0 Å². The molecule has 2 amide bonds. The molecule has 1 saturated carbocycles. The molecule has 208 valence electrons. The Balaban J connectivity index is 1.30. The van der Waals surface area contributed by atoms with E-state index >= 15 is 0 Å². The van der Waals surface area contributed by atoms with Crippen molar-refractivity contribution in [2.75, 3.05) is 6.54 Å². The van der Waals surface area contributed by atoms with Gasteiger partial charge in [-0.15, -0.1) is 0 Å². The van der Waals surface area contributed by atoms with Gasteiger partial charge >= 0.3 is 0 Å². The van der Waals surface area contributed by atoms with Crippen LogP contribution in [0.15, 0.2) is 91.3 Å². The summed E-state index contributed by atoms with van der Waals surface area (Å²) in [6, 6.07) is 25.9. The Labute approximate surface area is 239 Å². The monoisotopic (exact) mass is 545 g/mol. The third kappa shape index (κ3) is 5.44. The third-order valence-electron chi connectivity index (χ3n) is 8.57. The molecule has 1 aliphatic rings. The molecule has 2 aromatic heterocycles. The molecule has 1 aliphatic carbocycles. The van der Waals surface area contributed by atoms with E-state index in [4.69, 9.17) is 0 Å². The summed E-state index contributed by atoms with van der Waals surface area (Å²) in [7, 11) is 0. The summed E-state index contributed by atoms with van der Waals surface area (Å²) in [6.45, 7) is 2.32. The second-order valence-electron chi connectivity index (χ2n) is 11.5. The number of rotatable bonds is 8. The van der Waals surface area contributed by atoms with E-state index in [-0.39, 0.29) is 17.0 Å². The number of nitrogens with zero attached hydrogens (tertiary/aromatic N) is 2. The minimum absolute atomic E-state index is 0.120. The fourth-order valence-corrected chi connectivity index (χ4v) is 6.25. The quantitative estimate of drug-likeness (QED) is 0.227. The number of aromatic nitrogens is 3. The minimum atomic E-state index is -1.23. The number of amides is 2. The van der Waals surface area contributed by atoms with Crippen LogP contribution in [-0.4, -0.2) is 38.8 Å². The van der Waals surface area contributed by atoms with Crippen molar-refractivity contribution in [3.63, 3.8) is 0 Å². The van der Waals surface area contributed by atoms with Crippen molar-refractivity contribution in [2.45, 2.75) is 56.4 Å². The first-order valence-electron chi connectivity index (χ1n) is 14.4. The average Bonchev–Trinajstić information content (AvgIpc) is 3.42. The molecule has 7 heteroatoms. The lowest BCUT2D eigenvalue weighted by molar-refractivity contribution is -0.127. The summed E-state index contributed by atoms with van der Waals surface area (Å²) in [4.78, 5) is 40.0. The van der Waals surface area contributed by atoms with Crippen LogP contribution in [0.5, 0.6) is 0 Å². The van der Waals surface area contributed by atoms with E-state index in [1.165, 1.54) is 18.2 Å². The van der Waals surface area contributed by atoms with E-state index < -0.39 is 11.4 Å². The Morgan fingerprint density at radius 1 is 0.902 bits per heavy atom. The lowest BCUT2D eigenvalue weighted by Crippen LogP contribution is -2.59. The van der Waals surface area contributed by atoms with E-state index in [0.29, 0.717) is 24.0 Å². The highest BCUT2D eigenvalue weighted by molar-refractivity contribution is 5.99. The molecule has 7 nitrogen and oxygen atoms in total. The summed E-state index contributed by atoms with van der Waals surface area (Å²) in [5.74, 6) is -0.651. The molecule has 0 radical (unpaired) electrons. The summed E-state index contributed by atoms with van der Waals surface area (Å²) in [5, 5.41) is 7.36. The summed E-state index contributed by atoms with van der Waals surface area (Å²) < 4.78 is 0. The number of hydrogen-bond donors (Lipinski definition) is 3. The van der Waals surface area contributed by atoms with Crippen molar-refractivity contribution in [2.24, 2.45) is 0 Å². The normalized spacial score (nSPS) is 16.2. The number of para-hydroxylation sites is 3. The molecule has 0 saturated heterocycles. The lowest BCUT2D eigenvalue weighted by atomic mass is 9.69. The molecule has 1 fully saturated rings. The maximum atomic E-state index is 14.2. The van der Waals surface area contributed by atoms with Gasteiger partial charge < -0.3 is 15.6 Å². The fraction of sp³-hybridized carbons (Fsp3) is 0.294. The van der Waals surface area contributed by atoms with Crippen molar-refractivity contribution in [1.82, 2.24) is 25.6 Å². The van der Waals surface area contributed by atoms with Gasteiger partial charge in [0.25, 0.3) is 5.91 Å². The number of H-pyrrole nitrogens is 1. The average molecular weight is 546 g/mol. The highest BCUT2D eigenvalue weighted by Crippen LogP contribution is 2.39. The van der Waals surface area contributed by atoms with Crippen molar-refractivity contribution < 1.29 is 9.59 Å². The number of benzene rings is 3. The van der Waals surface area contributed by atoms with E-state index in [2.05, 4.69) is 49.9 Å². The lowest BCUT2D eigenvalue weighted by Gasteiger charge is -2.39. The largest absolute Gasteiger partial charge is 0.361 e. The minimum Gasteiger partial charge on any atom is -0.361 e. The van der Waals surface area contributed by atoms with E-state index in [1.807, 2.05) is 60.8 Å². The van der Waals surface area contributed by atoms with Crippen molar-refractivity contribution in [3.05, 3.63) is 108 Å². The van der Waals surface area contributed by atoms with E-state index in [0.717, 1.165) is 42.1 Å². The van der Waals surface area contributed by atoms with Gasteiger partial charge in [0, 0.05) is 35.5 Å². The summed E-state index contributed by atoms with van der Waals surface area (Å²) in [6.07, 6.45) is 9.23. The molecule has 0 bridgehead atoms. The van der Waals surface area contributed by atoms with Gasteiger partial charge in [-0.1, -0.05) is 79.9 Å². The molecule has 0 spiro atoms. The fourth-order valence-electron chi connectivity index (χ4n) is 6.25. The van der Waals surface area contributed by atoms with Crippen LogP contribution >= 0.6 is 0 Å². The van der Waals surface area contributed by atoms with Gasteiger partial charge in [-0.05, 0) is 49.1 Å². The van der Waals surface area contributed by atoms with Gasteiger partial charge in [0.15, 0.2) is 0 Å². The summed E-state index contributed by atoms with van der Waals surface area (Å²) >= 11 is 0. The first kappa shape index (κ1) is 26.7. The molecule has 3 N–H and O–H groups in total. The first-order valence-corrected chi connectivity index (χ1v) is 14.4. The Morgan fingerprint density at radius 2 is 1.61 bits per heavy atom. The van der Waals surface area contributed by atoms with Crippen LogP contribution in [0.2, 0.25) is 0 Å². The standard InChI is InChI=1S/C34H35N5O2/c1-33(20-24-21-35-27-15-7-6-14-26(24)27,39-31(40)30-22-36-28-16-8-9-17-29(28)38-30)32(41)37-23-34(18-10-3-11-19-34)25-12-4-2-5-13-25/h2,4-9,12-17,21-22,35H,3,10-11,18-20,23H2,1H3,(H,37,41)(H,39,40). The van der Waals surface area contributed by atoms with Crippen LogP contribution in [0.1, 0.15) is 60.6 Å². The zero-order chi connectivity index (χ0) is 28.3. The van der Waals surface area contributed by atoms with E-state index in [9.17, 15) is 9.59 Å². The first-order chi connectivity index (χ1) is 20.0. The Kier molecular flexibility index (Phi) is 7.26. The molecule has 1 unspecified atom stereocenters. The number of fused-ring (bicyclic) bond motifs is 2. The third-order valence-corrected chi connectivity index (χ3v) is 8.57. The van der Waals surface area contributed by atoms with Gasteiger partial charge in [0.1, 0.15) is 11.2 Å². The predicted molar refractivity (Wildman–Crippen MR) is 162 cm³/mol. The number of hydrogen-bond acceptors (Lipinski definition) is 4. The second kappa shape index (κ2) is 11.2. The van der Waals surface area contributed by atoms with E-state index in [1.54, 1.807) is 6.92 Å². The van der Waals surface area contributed by atoms with Crippen molar-refractivity contribution in [3.8, 4) is 0 Å². The number of carbonyl (C=O) groups is 2. The SMILES string of the molecule is CC(Cc1c[nH]c2ccccc12)(NC(=O)c1cnc2ccccc2n1)C(=O)NCC1(c2ccccc2)CCCCC1. The van der Waals surface area contributed by atoms with Crippen LogP contribution < -0.4 is 10.6 Å². The molecule has 5 aromatic rings. The Morgan fingerprint density at radius 3 is 2.41 bits per heavy atom. The van der Waals surface area contributed by atoms with Crippen LogP contribution in [0.4, 0.5) is 0 Å². The molecule has 0 aliphatic heterocycles. The molecule has 1 atom stereocenters. The highest BCUT2D eigenvalue weighted by Gasteiger charge is 2.40. The molecule has 6 rings (SSSR count). The van der Waals surface area contributed by atoms with Crippen LogP contribution in [-0.2, 0) is 16.6 Å². The molecule has 2 heterocycles. The smallest absolute Gasteiger partial charge is 0.272 e. The Hall–Kier alpha value is -4.52. The molecule has 3 aromatic carbocycles. The van der Waals surface area contributed by atoms with Gasteiger partial charge in [0.2, 0.25) is 5.91 Å². The number of aromatic amines is 1.